The molecule has 1 atom stereocenters. The van der Waals surface area contributed by atoms with Crippen LogP contribution in [-0.4, -0.2) is 40.7 Å². The number of benzene rings is 1. The number of carbonyl (C=O) groups excluding carboxylic acids is 1. The second-order valence-electron chi connectivity index (χ2n) is 7.94. The summed E-state index contributed by atoms with van der Waals surface area (Å²) in [5.41, 5.74) is 0.690. The summed E-state index contributed by atoms with van der Waals surface area (Å²) >= 11 is 6.09. The Bertz CT molecular complexity index is 836. The van der Waals surface area contributed by atoms with E-state index < -0.39 is 18.3 Å². The zero-order valence-corrected chi connectivity index (χ0v) is 17.7. The van der Waals surface area contributed by atoms with Crippen LogP contribution in [0.25, 0.3) is 5.69 Å². The van der Waals surface area contributed by atoms with Crippen LogP contribution in [0.1, 0.15) is 52.4 Å². The predicted octanol–water partition coefficient (Wildman–Crippen LogP) is 4.19. The number of carbonyl (C=O) groups is 1. The summed E-state index contributed by atoms with van der Waals surface area (Å²) in [6.45, 7) is 10.1. The molecule has 28 heavy (non-hydrogen) atoms. The molecule has 2 heterocycles. The fourth-order valence-corrected chi connectivity index (χ4v) is 3.30. The van der Waals surface area contributed by atoms with Gasteiger partial charge in [-0.2, -0.15) is 5.10 Å². The third kappa shape index (κ3) is 4.26. The molecule has 3 rings (SSSR count). The molecule has 1 fully saturated rings. The summed E-state index contributed by atoms with van der Waals surface area (Å²) in [6, 6.07) is 7.41. The molecule has 0 N–H and O–H groups in total. The van der Waals surface area contributed by atoms with E-state index >= 15 is 0 Å². The molecule has 1 aromatic heterocycles. The van der Waals surface area contributed by atoms with Crippen LogP contribution in [0.15, 0.2) is 36.7 Å². The van der Waals surface area contributed by atoms with Gasteiger partial charge in [0.15, 0.2) is 0 Å². The summed E-state index contributed by atoms with van der Waals surface area (Å²) in [5, 5.41) is 5.07. The lowest BCUT2D eigenvalue weighted by molar-refractivity contribution is -0.143. The van der Waals surface area contributed by atoms with Crippen molar-refractivity contribution in [3.8, 4) is 5.69 Å². The van der Waals surface area contributed by atoms with Crippen LogP contribution >= 0.6 is 11.6 Å². The van der Waals surface area contributed by atoms with E-state index in [4.69, 9.17) is 25.6 Å². The highest BCUT2D eigenvalue weighted by Crippen LogP contribution is 2.41. The van der Waals surface area contributed by atoms with Gasteiger partial charge < -0.3 is 14.0 Å². The molecule has 2 aromatic rings. The van der Waals surface area contributed by atoms with Gasteiger partial charge in [0.05, 0.1) is 36.1 Å². The van der Waals surface area contributed by atoms with Crippen molar-refractivity contribution in [1.82, 2.24) is 9.78 Å². The highest BCUT2D eigenvalue weighted by Gasteiger charge is 2.54. The molecular weight excluding hydrogens is 378 g/mol. The van der Waals surface area contributed by atoms with E-state index in [0.717, 1.165) is 11.3 Å². The van der Waals surface area contributed by atoms with Gasteiger partial charge in [-0.1, -0.05) is 17.7 Å². The third-order valence-corrected chi connectivity index (χ3v) is 5.63. The maximum absolute atomic E-state index is 12.2. The molecule has 1 aliphatic heterocycles. The van der Waals surface area contributed by atoms with E-state index in [1.807, 2.05) is 58.2 Å². The Labute approximate surface area is 171 Å². The summed E-state index contributed by atoms with van der Waals surface area (Å²) in [4.78, 5) is 12.2. The highest BCUT2D eigenvalue weighted by atomic mass is 35.5. The van der Waals surface area contributed by atoms with Crippen LogP contribution in [-0.2, 0) is 18.8 Å². The molecule has 0 amide bonds. The molecule has 150 valence electrons. The third-order valence-electron chi connectivity index (χ3n) is 5.40. The smallest absolute Gasteiger partial charge is 0.466 e. The van der Waals surface area contributed by atoms with Gasteiger partial charge >= 0.3 is 13.1 Å². The van der Waals surface area contributed by atoms with Gasteiger partial charge in [-0.15, -0.1) is 0 Å². The largest absolute Gasteiger partial charge is 0.466 e. The van der Waals surface area contributed by atoms with Crippen LogP contribution in [0.5, 0.6) is 0 Å². The lowest BCUT2D eigenvalue weighted by atomic mass is 9.67. The van der Waals surface area contributed by atoms with Crippen LogP contribution in [0.3, 0.4) is 0 Å². The molecule has 0 radical (unpaired) electrons. The topological polar surface area (TPSA) is 62.6 Å². The van der Waals surface area contributed by atoms with E-state index in [2.05, 4.69) is 5.10 Å². The number of hydrogen-bond donors (Lipinski definition) is 0. The Morgan fingerprint density at radius 3 is 2.57 bits per heavy atom. The SMILES string of the molecule is CCOC(=O)CC(B1OC(C)(C)C(C)(C)O1)c1cnn(-c2cccc(Cl)c2)c1. The Morgan fingerprint density at radius 2 is 1.96 bits per heavy atom. The van der Waals surface area contributed by atoms with Crippen molar-refractivity contribution < 1.29 is 18.8 Å². The maximum atomic E-state index is 12.2. The molecule has 0 spiro atoms. The van der Waals surface area contributed by atoms with Crippen molar-refractivity contribution in [2.24, 2.45) is 0 Å². The Hall–Kier alpha value is -1.83. The fourth-order valence-electron chi connectivity index (χ4n) is 3.11. The zero-order chi connectivity index (χ0) is 20.5. The minimum Gasteiger partial charge on any atom is -0.466 e. The van der Waals surface area contributed by atoms with Crippen molar-refractivity contribution in [1.29, 1.82) is 0 Å². The van der Waals surface area contributed by atoms with E-state index in [1.165, 1.54) is 0 Å². The number of aromatic nitrogens is 2. The number of hydrogen-bond acceptors (Lipinski definition) is 5. The van der Waals surface area contributed by atoms with Gasteiger partial charge in [0.25, 0.3) is 0 Å². The average molecular weight is 405 g/mol. The summed E-state index contributed by atoms with van der Waals surface area (Å²) in [7, 11) is -0.577. The first kappa shape index (κ1) is 20.9. The quantitative estimate of drug-likeness (QED) is 0.533. The molecule has 1 saturated heterocycles. The lowest BCUT2D eigenvalue weighted by Gasteiger charge is -2.32. The maximum Gasteiger partial charge on any atom is 0.466 e. The van der Waals surface area contributed by atoms with Crippen molar-refractivity contribution in [3.05, 3.63) is 47.2 Å². The summed E-state index contributed by atoms with van der Waals surface area (Å²) in [5.74, 6) is -0.634. The van der Waals surface area contributed by atoms with Gasteiger partial charge in [0, 0.05) is 17.0 Å². The van der Waals surface area contributed by atoms with Crippen LogP contribution in [0, 0.1) is 0 Å². The predicted molar refractivity (Wildman–Crippen MR) is 109 cm³/mol. The average Bonchev–Trinajstić information content (AvgIpc) is 3.16. The first-order chi connectivity index (χ1) is 13.1. The van der Waals surface area contributed by atoms with Crippen molar-refractivity contribution in [2.75, 3.05) is 6.61 Å². The van der Waals surface area contributed by atoms with Gasteiger partial charge in [-0.25, -0.2) is 4.68 Å². The molecule has 1 aromatic carbocycles. The standard InChI is InChI=1S/C20H26BClN2O4/c1-6-26-18(25)11-17(21-27-19(2,3)20(4,5)28-21)14-12-23-24(13-14)16-9-7-8-15(22)10-16/h7-10,12-13,17H,6,11H2,1-5H3. The number of nitrogens with zero attached hydrogens (tertiary/aromatic N) is 2. The normalized spacial score (nSPS) is 18.9. The number of rotatable bonds is 6. The van der Waals surface area contributed by atoms with E-state index in [9.17, 15) is 4.79 Å². The van der Waals surface area contributed by atoms with E-state index in [-0.39, 0.29) is 18.2 Å². The first-order valence-corrected chi connectivity index (χ1v) is 9.82. The minimum atomic E-state index is -0.577. The molecule has 8 heteroatoms. The van der Waals surface area contributed by atoms with Crippen molar-refractivity contribution >= 4 is 24.7 Å². The molecule has 6 nitrogen and oxygen atoms in total. The summed E-state index contributed by atoms with van der Waals surface area (Å²) < 4.78 is 19.3. The van der Waals surface area contributed by atoms with Crippen molar-refractivity contribution in [3.63, 3.8) is 0 Å². The first-order valence-electron chi connectivity index (χ1n) is 9.45. The number of esters is 1. The monoisotopic (exact) mass is 404 g/mol. The number of ether oxygens (including phenoxy) is 1. The van der Waals surface area contributed by atoms with Gasteiger partial charge in [-0.3, -0.25) is 4.79 Å². The van der Waals surface area contributed by atoms with Crippen LogP contribution < -0.4 is 0 Å². The summed E-state index contributed by atoms with van der Waals surface area (Å²) in [6.07, 6.45) is 3.75. The number of halogens is 1. The van der Waals surface area contributed by atoms with E-state index in [1.54, 1.807) is 17.8 Å². The van der Waals surface area contributed by atoms with Crippen LogP contribution in [0.2, 0.25) is 5.02 Å². The van der Waals surface area contributed by atoms with Gasteiger partial charge in [0.1, 0.15) is 0 Å². The molecular formula is C20H26BClN2O4. The lowest BCUT2D eigenvalue weighted by Crippen LogP contribution is -2.41. The fraction of sp³-hybridized carbons (Fsp3) is 0.500. The van der Waals surface area contributed by atoms with E-state index in [0.29, 0.717) is 11.6 Å². The van der Waals surface area contributed by atoms with Crippen molar-refractivity contribution in [2.45, 2.75) is 58.1 Å². The Morgan fingerprint density at radius 1 is 1.29 bits per heavy atom. The second-order valence-corrected chi connectivity index (χ2v) is 8.37. The molecule has 1 aliphatic rings. The molecule has 0 bridgehead atoms. The van der Waals surface area contributed by atoms with Gasteiger partial charge in [-0.05, 0) is 58.4 Å². The molecule has 0 saturated carbocycles. The highest BCUT2D eigenvalue weighted by molar-refractivity contribution is 6.48. The van der Waals surface area contributed by atoms with Gasteiger partial charge in [0.2, 0.25) is 0 Å². The zero-order valence-electron chi connectivity index (χ0n) is 16.9. The Kier molecular flexibility index (Phi) is 5.89. The van der Waals surface area contributed by atoms with Crippen LogP contribution in [0.4, 0.5) is 0 Å². The Balaban J connectivity index is 1.91. The second kappa shape index (κ2) is 7.89. The molecule has 1 unspecified atom stereocenters. The minimum absolute atomic E-state index is 0.145. The molecule has 0 aliphatic carbocycles.